The van der Waals surface area contributed by atoms with Crippen molar-refractivity contribution in [1.82, 2.24) is 0 Å². The molecular weight excluding hydrogens is 948 g/mol. The fourth-order valence-electron chi connectivity index (χ4n) is 5.30. The summed E-state index contributed by atoms with van der Waals surface area (Å²) in [5.41, 5.74) is -1.41. The molecular formula is C30H15N4Na5O16S5. The number of hydrogen-bond donors (Lipinski definition) is 1. The predicted octanol–water partition coefficient (Wildman–Crippen LogP) is -10.8. The molecule has 6 aromatic rings. The van der Waals surface area contributed by atoms with Gasteiger partial charge in [-0.05, 0) is 77.5 Å². The van der Waals surface area contributed by atoms with Crippen molar-refractivity contribution in [2.75, 3.05) is 0 Å². The van der Waals surface area contributed by atoms with Crippen molar-refractivity contribution in [2.24, 2.45) is 20.5 Å². The zero-order valence-electron chi connectivity index (χ0n) is 31.5. The second-order valence-electron chi connectivity index (χ2n) is 11.3. The van der Waals surface area contributed by atoms with Crippen LogP contribution >= 0.6 is 0 Å². The number of benzene rings is 6. The maximum atomic E-state index is 12.0. The fraction of sp³-hybridized carbons (Fsp3) is 0. The van der Waals surface area contributed by atoms with E-state index in [1.54, 1.807) is 0 Å². The van der Waals surface area contributed by atoms with Crippen molar-refractivity contribution in [2.45, 2.75) is 24.5 Å². The Morgan fingerprint density at radius 2 is 0.750 bits per heavy atom. The minimum atomic E-state index is -5.45. The fourth-order valence-corrected chi connectivity index (χ4v) is 7.94. The van der Waals surface area contributed by atoms with Crippen LogP contribution in [0.2, 0.25) is 0 Å². The molecule has 0 atom stereocenters. The van der Waals surface area contributed by atoms with Crippen molar-refractivity contribution in [3.8, 4) is 5.75 Å². The van der Waals surface area contributed by atoms with Crippen LogP contribution in [0.15, 0.2) is 130 Å². The number of azo groups is 2. The quantitative estimate of drug-likeness (QED) is 0.0799. The summed E-state index contributed by atoms with van der Waals surface area (Å²) in [4.78, 5) is -4.48. The first-order chi connectivity index (χ1) is 25.3. The Morgan fingerprint density at radius 3 is 1.23 bits per heavy atom. The van der Waals surface area contributed by atoms with E-state index < -0.39 is 86.5 Å². The molecule has 6 rings (SSSR count). The standard InChI is InChI=1S/C30H20N4O16S5.5Na/c35-30-28(55(48,49)50)12-16-10-18(52(39,40)41)2-5-22(16)29(30)34-32-26-8-7-25(23-6-3-19(13-24(23)26)53(42,43)44)31-33-27-14-20(54(45,46)47)11-15-9-17(51(36,37)38)1-4-21(15)27;;;;;/h1-14,35H,(H,36,37,38)(H,39,40,41)(H,42,43,44)(H,45,46,47)(H,48,49,50);;;;;/q;5*+1/p-5. The first-order valence-corrected chi connectivity index (χ1v) is 21.4. The molecule has 0 amide bonds. The van der Waals surface area contributed by atoms with Crippen molar-refractivity contribution < 1.29 is 218 Å². The summed E-state index contributed by atoms with van der Waals surface area (Å²) in [5, 5.41) is 25.7. The first-order valence-electron chi connectivity index (χ1n) is 14.4. The first kappa shape index (κ1) is 57.7. The summed E-state index contributed by atoms with van der Waals surface area (Å²) < 4.78 is 177. The van der Waals surface area contributed by atoms with E-state index in [9.17, 15) is 70.0 Å². The third kappa shape index (κ3) is 12.9. The Hall–Kier alpha value is -0.350. The summed E-state index contributed by atoms with van der Waals surface area (Å²) in [6, 6.07) is 12.7. The van der Waals surface area contributed by atoms with Gasteiger partial charge in [-0.3, -0.25) is 0 Å². The Bertz CT molecular complexity index is 3320. The molecule has 0 aliphatic carbocycles. The Balaban J connectivity index is 0.00000360. The topological polar surface area (TPSA) is 356 Å². The van der Waals surface area contributed by atoms with Gasteiger partial charge in [0.05, 0.1) is 41.5 Å². The van der Waals surface area contributed by atoms with Crippen LogP contribution < -0.4 is 148 Å². The molecule has 0 bridgehead atoms. The van der Waals surface area contributed by atoms with Crippen molar-refractivity contribution in [3.05, 3.63) is 84.9 Å². The van der Waals surface area contributed by atoms with Gasteiger partial charge in [-0.25, -0.2) is 42.1 Å². The van der Waals surface area contributed by atoms with Gasteiger partial charge in [0, 0.05) is 21.5 Å². The number of phenols is 1. The molecule has 0 heterocycles. The van der Waals surface area contributed by atoms with Crippen LogP contribution in [0.5, 0.6) is 5.75 Å². The molecule has 0 aromatic heterocycles. The minimum Gasteiger partial charge on any atom is -0.744 e. The minimum absolute atomic E-state index is 0. The summed E-state index contributed by atoms with van der Waals surface area (Å²) in [5.74, 6) is -1.23. The van der Waals surface area contributed by atoms with Crippen LogP contribution in [0.3, 0.4) is 0 Å². The molecule has 0 saturated heterocycles. The van der Waals surface area contributed by atoms with E-state index in [1.807, 2.05) is 0 Å². The smallest absolute Gasteiger partial charge is 0.744 e. The predicted molar refractivity (Wildman–Crippen MR) is 182 cm³/mol. The molecule has 60 heavy (non-hydrogen) atoms. The van der Waals surface area contributed by atoms with Gasteiger partial charge in [0.15, 0.2) is 5.75 Å². The van der Waals surface area contributed by atoms with Gasteiger partial charge < -0.3 is 27.9 Å². The van der Waals surface area contributed by atoms with Crippen molar-refractivity contribution in [3.63, 3.8) is 0 Å². The van der Waals surface area contributed by atoms with Gasteiger partial charge in [0.1, 0.15) is 56.3 Å². The molecule has 6 aromatic carbocycles. The molecule has 286 valence electrons. The summed E-state index contributed by atoms with van der Waals surface area (Å²) >= 11 is 0. The molecule has 0 spiro atoms. The third-order valence-electron chi connectivity index (χ3n) is 7.79. The van der Waals surface area contributed by atoms with Gasteiger partial charge in [-0.1, -0.05) is 18.2 Å². The molecule has 0 fully saturated rings. The normalized spacial score (nSPS) is 12.3. The summed E-state index contributed by atoms with van der Waals surface area (Å²) in [6.07, 6.45) is 0. The van der Waals surface area contributed by atoms with E-state index in [1.165, 1.54) is 6.07 Å². The Labute approximate surface area is 451 Å². The number of nitrogens with zero attached hydrogens (tertiary/aromatic N) is 4. The summed E-state index contributed by atoms with van der Waals surface area (Å²) in [6.45, 7) is 0. The average molecular weight is 963 g/mol. The van der Waals surface area contributed by atoms with Crippen LogP contribution in [0.4, 0.5) is 22.7 Å². The molecule has 1 N–H and O–H groups in total. The summed E-state index contributed by atoms with van der Waals surface area (Å²) in [7, 11) is -25.8. The number of hydrogen-bond acceptors (Lipinski definition) is 20. The van der Waals surface area contributed by atoms with Crippen LogP contribution in [0.25, 0.3) is 32.3 Å². The zero-order valence-corrected chi connectivity index (χ0v) is 45.6. The van der Waals surface area contributed by atoms with E-state index in [-0.39, 0.29) is 197 Å². The maximum Gasteiger partial charge on any atom is 1.00 e. The van der Waals surface area contributed by atoms with Gasteiger partial charge in [-0.15, -0.1) is 20.5 Å². The second kappa shape index (κ2) is 21.3. The number of rotatable bonds is 9. The van der Waals surface area contributed by atoms with Crippen LogP contribution in [-0.2, 0) is 50.6 Å². The van der Waals surface area contributed by atoms with E-state index in [2.05, 4.69) is 20.5 Å². The SMILES string of the molecule is O=S(=O)([O-])c1ccc2c(N=Nc3ccc(N=Nc4c(O)c(S(=O)(=O)[O-])cc5cc(S(=O)(=O)[O-])ccc45)c4cc(S(=O)(=O)[O-])ccc34)cc(S(=O)(=O)[O-])cc2c1.[Na+].[Na+].[Na+].[Na+].[Na+]. The molecule has 0 radical (unpaired) electrons. The number of phenolic OH excluding ortho intramolecular Hbond substituents is 1. The molecule has 20 nitrogen and oxygen atoms in total. The van der Waals surface area contributed by atoms with Gasteiger partial charge in [0.25, 0.3) is 0 Å². The zero-order chi connectivity index (χ0) is 40.5. The average Bonchev–Trinajstić information content (AvgIpc) is 3.07. The van der Waals surface area contributed by atoms with E-state index in [4.69, 9.17) is 0 Å². The van der Waals surface area contributed by atoms with Crippen molar-refractivity contribution in [1.29, 1.82) is 0 Å². The molecule has 0 unspecified atom stereocenters. The molecule has 0 aliphatic rings. The van der Waals surface area contributed by atoms with Crippen LogP contribution in [-0.4, -0.2) is 70.0 Å². The number of fused-ring (bicyclic) bond motifs is 3. The number of aromatic hydroxyl groups is 1. The maximum absolute atomic E-state index is 12.0. The largest absolute Gasteiger partial charge is 1.00 e. The van der Waals surface area contributed by atoms with E-state index >= 15 is 0 Å². The van der Waals surface area contributed by atoms with Gasteiger partial charge in [-0.2, -0.15) is 0 Å². The van der Waals surface area contributed by atoms with Crippen LogP contribution in [0, 0.1) is 0 Å². The van der Waals surface area contributed by atoms with Gasteiger partial charge >= 0.3 is 148 Å². The Kier molecular flexibility index (Phi) is 20.5. The van der Waals surface area contributed by atoms with Crippen molar-refractivity contribution >= 4 is 106 Å². The van der Waals surface area contributed by atoms with E-state index in [0.717, 1.165) is 72.8 Å². The Morgan fingerprint density at radius 1 is 0.367 bits per heavy atom. The van der Waals surface area contributed by atoms with E-state index in [0.29, 0.717) is 6.07 Å². The second-order valence-corrected chi connectivity index (χ2v) is 18.1. The molecule has 30 heteroatoms. The van der Waals surface area contributed by atoms with Gasteiger partial charge in [0.2, 0.25) is 0 Å². The van der Waals surface area contributed by atoms with Crippen LogP contribution in [0.1, 0.15) is 0 Å². The molecule has 0 saturated carbocycles. The third-order valence-corrected chi connectivity index (χ3v) is 11.9. The molecule has 0 aliphatic heterocycles. The monoisotopic (exact) mass is 962 g/mol.